The number of hydrogen-bond acceptors (Lipinski definition) is 9. The van der Waals surface area contributed by atoms with Crippen LogP contribution in [-0.4, -0.2) is 105 Å². The Kier molecular flexibility index (Phi) is 31.4. The zero-order valence-corrected chi connectivity index (χ0v) is 33.2. The minimum Gasteiger partial charge on any atom is -0.394 e. The average molecular weight is 747 g/mol. The molecule has 1 fully saturated rings. The van der Waals surface area contributed by atoms with Crippen LogP contribution in [0.3, 0.4) is 0 Å². The molecule has 1 aliphatic heterocycles. The van der Waals surface area contributed by atoms with Crippen LogP contribution in [-0.2, 0) is 9.47 Å². The molecule has 52 heavy (non-hydrogen) atoms. The summed E-state index contributed by atoms with van der Waals surface area (Å²) in [4.78, 5) is 12.8. The fourth-order valence-electron chi connectivity index (χ4n) is 7.00. The number of carbonyl (C=O) groups is 1. The Hall–Kier alpha value is -1.05. The van der Waals surface area contributed by atoms with Gasteiger partial charge in [0.1, 0.15) is 30.5 Å². The number of nitrogens with one attached hydrogen (secondary N) is 2. The molecule has 11 heteroatoms. The van der Waals surface area contributed by atoms with Crippen molar-refractivity contribution in [1.82, 2.24) is 10.6 Å². The van der Waals surface area contributed by atoms with Gasteiger partial charge in [-0.15, -0.1) is 0 Å². The molecule has 0 aliphatic carbocycles. The van der Waals surface area contributed by atoms with Gasteiger partial charge in [0, 0.05) is 6.54 Å². The first-order chi connectivity index (χ1) is 25.3. The summed E-state index contributed by atoms with van der Waals surface area (Å²) in [6.45, 7) is 4.02. The summed E-state index contributed by atoms with van der Waals surface area (Å²) in [6.07, 6.45) is 22.3. The summed E-state index contributed by atoms with van der Waals surface area (Å²) in [5, 5.41) is 67.6. The highest BCUT2D eigenvalue weighted by Crippen LogP contribution is 2.23. The average Bonchev–Trinajstić information content (AvgIpc) is 3.14. The standard InChI is InChI=1S/C41H82N2O9/c1-3-5-7-9-11-13-15-17-18-20-22-24-26-28-30-42-41(50)43-33(32-51-40-39(49)38(48)37(47)35(31-44)52-40)36(46)34(45)29-27-25-23-21-19-16-14-12-10-8-6-4-2/h33-40,44-49H,3-32H2,1-2H3,(H2,42,43,50)/t33?,34?,35-,36?,37+,38+,39-,40+/m1/s1. The van der Waals surface area contributed by atoms with Gasteiger partial charge in [0.2, 0.25) is 0 Å². The van der Waals surface area contributed by atoms with Crippen LogP contribution < -0.4 is 10.6 Å². The summed E-state index contributed by atoms with van der Waals surface area (Å²) >= 11 is 0. The van der Waals surface area contributed by atoms with E-state index in [-0.39, 0.29) is 6.61 Å². The molecule has 3 unspecified atom stereocenters. The van der Waals surface area contributed by atoms with Crippen LogP contribution >= 0.6 is 0 Å². The van der Waals surface area contributed by atoms with Crippen LogP contribution in [0.25, 0.3) is 0 Å². The lowest BCUT2D eigenvalue weighted by molar-refractivity contribution is -0.303. The Labute approximate surface area is 317 Å². The fourth-order valence-corrected chi connectivity index (χ4v) is 7.00. The maximum Gasteiger partial charge on any atom is 0.315 e. The number of rotatable bonds is 35. The van der Waals surface area contributed by atoms with E-state index in [0.29, 0.717) is 13.0 Å². The molecule has 8 atom stereocenters. The van der Waals surface area contributed by atoms with E-state index < -0.39 is 61.6 Å². The monoisotopic (exact) mass is 747 g/mol. The van der Waals surface area contributed by atoms with E-state index in [1.807, 2.05) is 0 Å². The highest BCUT2D eigenvalue weighted by molar-refractivity contribution is 5.74. The van der Waals surface area contributed by atoms with E-state index in [2.05, 4.69) is 24.5 Å². The van der Waals surface area contributed by atoms with Gasteiger partial charge < -0.3 is 50.7 Å². The first-order valence-corrected chi connectivity index (χ1v) is 21.6. The minimum atomic E-state index is -1.62. The molecule has 1 heterocycles. The molecular weight excluding hydrogens is 664 g/mol. The molecule has 0 spiro atoms. The van der Waals surface area contributed by atoms with Gasteiger partial charge in [-0.25, -0.2) is 4.79 Å². The fraction of sp³-hybridized carbons (Fsp3) is 0.976. The topological polar surface area (TPSA) is 181 Å². The van der Waals surface area contributed by atoms with Gasteiger partial charge in [-0.05, 0) is 12.8 Å². The summed E-state index contributed by atoms with van der Waals surface area (Å²) in [6, 6.07) is -1.55. The van der Waals surface area contributed by atoms with Crippen molar-refractivity contribution in [3.8, 4) is 0 Å². The van der Waals surface area contributed by atoms with E-state index in [1.165, 1.54) is 122 Å². The van der Waals surface area contributed by atoms with Crippen LogP contribution in [0.2, 0.25) is 0 Å². The zero-order valence-electron chi connectivity index (χ0n) is 33.2. The quantitative estimate of drug-likeness (QED) is 0.0325. The van der Waals surface area contributed by atoms with Gasteiger partial charge in [0.25, 0.3) is 0 Å². The molecule has 0 aromatic carbocycles. The van der Waals surface area contributed by atoms with Gasteiger partial charge in [0.05, 0.1) is 25.4 Å². The molecule has 2 amide bonds. The summed E-state index contributed by atoms with van der Waals surface area (Å²) in [5.41, 5.74) is 0. The number of amides is 2. The van der Waals surface area contributed by atoms with Crippen molar-refractivity contribution < 1.29 is 44.9 Å². The van der Waals surface area contributed by atoms with Crippen LogP contribution in [0.1, 0.15) is 187 Å². The number of ether oxygens (including phenoxy) is 2. The number of urea groups is 1. The van der Waals surface area contributed by atoms with E-state index in [1.54, 1.807) is 0 Å². The van der Waals surface area contributed by atoms with Crippen molar-refractivity contribution in [2.45, 2.75) is 236 Å². The Morgan fingerprint density at radius 3 is 1.48 bits per heavy atom. The number of aliphatic hydroxyl groups is 6. The van der Waals surface area contributed by atoms with Crippen molar-refractivity contribution in [2.75, 3.05) is 19.8 Å². The van der Waals surface area contributed by atoms with Crippen molar-refractivity contribution in [3.05, 3.63) is 0 Å². The van der Waals surface area contributed by atoms with Crippen molar-refractivity contribution in [3.63, 3.8) is 0 Å². The van der Waals surface area contributed by atoms with Gasteiger partial charge in [0.15, 0.2) is 6.29 Å². The zero-order chi connectivity index (χ0) is 38.2. The summed E-state index contributed by atoms with van der Waals surface area (Å²) < 4.78 is 11.1. The third kappa shape index (κ3) is 23.7. The molecule has 8 N–H and O–H groups in total. The molecular formula is C41H82N2O9. The van der Waals surface area contributed by atoms with Gasteiger partial charge in [-0.1, -0.05) is 174 Å². The molecule has 0 saturated carbocycles. The summed E-state index contributed by atoms with van der Waals surface area (Å²) in [5.74, 6) is 0. The van der Waals surface area contributed by atoms with E-state index >= 15 is 0 Å². The summed E-state index contributed by atoms with van der Waals surface area (Å²) in [7, 11) is 0. The third-order valence-electron chi connectivity index (χ3n) is 10.6. The Morgan fingerprint density at radius 2 is 1.04 bits per heavy atom. The Bertz CT molecular complexity index is 808. The second-order valence-electron chi connectivity index (χ2n) is 15.4. The van der Waals surface area contributed by atoms with Gasteiger partial charge >= 0.3 is 6.03 Å². The number of aliphatic hydroxyl groups excluding tert-OH is 6. The van der Waals surface area contributed by atoms with Crippen LogP contribution in [0.4, 0.5) is 4.79 Å². The largest absolute Gasteiger partial charge is 0.394 e. The van der Waals surface area contributed by atoms with E-state index in [9.17, 15) is 35.4 Å². The number of carbonyl (C=O) groups excluding carboxylic acids is 1. The molecule has 0 bridgehead atoms. The Morgan fingerprint density at radius 1 is 0.615 bits per heavy atom. The molecule has 0 aromatic rings. The molecule has 1 rings (SSSR count). The van der Waals surface area contributed by atoms with Gasteiger partial charge in [-0.2, -0.15) is 0 Å². The van der Waals surface area contributed by atoms with E-state index in [0.717, 1.165) is 44.9 Å². The molecule has 1 saturated heterocycles. The number of hydrogen-bond donors (Lipinski definition) is 8. The molecule has 0 radical (unpaired) electrons. The lowest BCUT2D eigenvalue weighted by Crippen LogP contribution is -2.60. The smallest absolute Gasteiger partial charge is 0.315 e. The second kappa shape index (κ2) is 33.3. The predicted molar refractivity (Wildman–Crippen MR) is 208 cm³/mol. The highest BCUT2D eigenvalue weighted by atomic mass is 16.7. The maximum atomic E-state index is 12.8. The van der Waals surface area contributed by atoms with Gasteiger partial charge in [-0.3, -0.25) is 0 Å². The van der Waals surface area contributed by atoms with Crippen molar-refractivity contribution >= 4 is 6.03 Å². The highest BCUT2D eigenvalue weighted by Gasteiger charge is 2.44. The lowest BCUT2D eigenvalue weighted by atomic mass is 9.98. The lowest BCUT2D eigenvalue weighted by Gasteiger charge is -2.40. The SMILES string of the molecule is CCCCCCCCCCCCCCCCNC(=O)NC(CO[C@H]1O[C@H](CO)[C@H](O)[C@H](O)[C@H]1O)C(O)C(O)CCCCCCCCCCCCCC. The van der Waals surface area contributed by atoms with Crippen molar-refractivity contribution in [1.29, 1.82) is 0 Å². The third-order valence-corrected chi connectivity index (χ3v) is 10.6. The van der Waals surface area contributed by atoms with Crippen molar-refractivity contribution in [2.24, 2.45) is 0 Å². The predicted octanol–water partition coefficient (Wildman–Crippen LogP) is 6.77. The first kappa shape index (κ1) is 49.0. The van der Waals surface area contributed by atoms with Crippen LogP contribution in [0, 0.1) is 0 Å². The van der Waals surface area contributed by atoms with Crippen LogP contribution in [0.15, 0.2) is 0 Å². The Balaban J connectivity index is 2.42. The molecule has 11 nitrogen and oxygen atoms in total. The van der Waals surface area contributed by atoms with E-state index in [4.69, 9.17) is 9.47 Å². The second-order valence-corrected chi connectivity index (χ2v) is 15.4. The maximum absolute atomic E-state index is 12.8. The molecule has 1 aliphatic rings. The first-order valence-electron chi connectivity index (χ1n) is 21.6. The normalized spacial score (nSPS) is 22.3. The van der Waals surface area contributed by atoms with Crippen LogP contribution in [0.5, 0.6) is 0 Å². The molecule has 310 valence electrons. The molecule has 0 aromatic heterocycles. The number of unbranched alkanes of at least 4 members (excludes halogenated alkanes) is 24. The minimum absolute atomic E-state index is 0.342.